The number of H-pyrrole nitrogens is 1. The molecule has 0 aliphatic carbocycles. The molecular formula is C21H25N6OS+. The number of carbonyl (C=O) groups is 1. The maximum absolute atomic E-state index is 12.6. The van der Waals surface area contributed by atoms with Crippen LogP contribution in [0.25, 0.3) is 5.69 Å². The summed E-state index contributed by atoms with van der Waals surface area (Å²) in [6.45, 7) is 3.97. The first-order chi connectivity index (χ1) is 14.2. The molecule has 2 N–H and O–H groups in total. The molecule has 1 aromatic heterocycles. The molecule has 1 aliphatic heterocycles. The quantitative estimate of drug-likeness (QED) is 0.482. The number of likely N-dealkylation sites (N-methyl/N-ethyl adjacent to an activating group) is 1. The zero-order valence-electron chi connectivity index (χ0n) is 16.4. The summed E-state index contributed by atoms with van der Waals surface area (Å²) < 4.78 is 1.87. The van der Waals surface area contributed by atoms with E-state index in [0.29, 0.717) is 0 Å². The number of hydrogen-bond acceptors (Lipinski definition) is 5. The summed E-state index contributed by atoms with van der Waals surface area (Å²) in [7, 11) is 2.14. The number of anilines is 2. The van der Waals surface area contributed by atoms with Crippen molar-refractivity contribution in [3.8, 4) is 5.69 Å². The van der Waals surface area contributed by atoms with Crippen LogP contribution in [-0.4, -0.2) is 59.9 Å². The van der Waals surface area contributed by atoms with Crippen molar-refractivity contribution >= 4 is 29.0 Å². The van der Waals surface area contributed by atoms with E-state index in [-0.39, 0.29) is 11.7 Å². The number of para-hydroxylation sites is 3. The highest BCUT2D eigenvalue weighted by Crippen LogP contribution is 2.27. The number of benzene rings is 2. The van der Waals surface area contributed by atoms with Crippen LogP contribution in [0.4, 0.5) is 11.4 Å². The summed E-state index contributed by atoms with van der Waals surface area (Å²) in [5, 5.41) is 6.92. The minimum Gasteiger partial charge on any atom is -0.367 e. The molecule has 1 aliphatic rings. The zero-order chi connectivity index (χ0) is 20.1. The van der Waals surface area contributed by atoms with Gasteiger partial charge < -0.3 is 15.1 Å². The molecule has 29 heavy (non-hydrogen) atoms. The Balaban J connectivity index is 1.40. The molecule has 7 nitrogen and oxygen atoms in total. The first-order valence-corrected chi connectivity index (χ1v) is 10.7. The van der Waals surface area contributed by atoms with E-state index in [1.54, 1.807) is 6.33 Å². The van der Waals surface area contributed by atoms with Gasteiger partial charge in [-0.2, -0.15) is 5.10 Å². The van der Waals surface area contributed by atoms with Crippen molar-refractivity contribution in [2.24, 2.45) is 0 Å². The number of aromatic nitrogens is 3. The lowest BCUT2D eigenvalue weighted by Crippen LogP contribution is -2.44. The minimum absolute atomic E-state index is 0.0424. The Morgan fingerprint density at radius 2 is 1.83 bits per heavy atom. The van der Waals surface area contributed by atoms with Crippen LogP contribution in [-0.2, 0) is 4.79 Å². The van der Waals surface area contributed by atoms with Gasteiger partial charge in [-0.05, 0) is 48.1 Å². The molecule has 0 saturated carbocycles. The molecule has 0 atom stereocenters. The third kappa shape index (κ3) is 4.78. The molecule has 0 spiro atoms. The van der Waals surface area contributed by atoms with Crippen molar-refractivity contribution in [1.82, 2.24) is 15.0 Å². The number of amides is 1. The molecule has 4 rings (SSSR count). The second-order valence-electron chi connectivity index (χ2n) is 6.99. The molecule has 0 unspecified atom stereocenters. The van der Waals surface area contributed by atoms with E-state index in [4.69, 9.17) is 0 Å². The fourth-order valence-corrected chi connectivity index (χ4v) is 4.08. The van der Waals surface area contributed by atoms with Gasteiger partial charge in [0.15, 0.2) is 5.69 Å². The van der Waals surface area contributed by atoms with Crippen LogP contribution in [0.1, 0.15) is 0 Å². The lowest BCUT2D eigenvalue weighted by Gasteiger charge is -2.35. The van der Waals surface area contributed by atoms with Crippen molar-refractivity contribution in [1.29, 1.82) is 0 Å². The van der Waals surface area contributed by atoms with E-state index < -0.39 is 0 Å². The predicted octanol–water partition coefficient (Wildman–Crippen LogP) is 2.17. The Labute approximate surface area is 174 Å². The van der Waals surface area contributed by atoms with Gasteiger partial charge in [0.2, 0.25) is 12.2 Å². The van der Waals surface area contributed by atoms with E-state index >= 15 is 0 Å². The highest BCUT2D eigenvalue weighted by Gasteiger charge is 2.20. The zero-order valence-corrected chi connectivity index (χ0v) is 17.2. The van der Waals surface area contributed by atoms with E-state index in [1.165, 1.54) is 11.8 Å². The van der Waals surface area contributed by atoms with E-state index in [1.807, 2.05) is 53.2 Å². The summed E-state index contributed by atoms with van der Waals surface area (Å²) in [4.78, 5) is 21.6. The van der Waals surface area contributed by atoms with Crippen LogP contribution in [0.5, 0.6) is 0 Å². The van der Waals surface area contributed by atoms with Crippen LogP contribution >= 0.6 is 11.8 Å². The van der Waals surface area contributed by atoms with Gasteiger partial charge in [-0.15, -0.1) is 4.68 Å². The highest BCUT2D eigenvalue weighted by atomic mass is 32.2. The number of nitrogens with one attached hydrogen (secondary N) is 2. The van der Waals surface area contributed by atoms with Crippen LogP contribution in [0.15, 0.2) is 66.1 Å². The summed E-state index contributed by atoms with van der Waals surface area (Å²) in [6.07, 6.45) is 1.63. The van der Waals surface area contributed by atoms with Gasteiger partial charge >= 0.3 is 5.16 Å². The molecule has 0 radical (unpaired) electrons. The molecule has 3 aromatic rings. The van der Waals surface area contributed by atoms with Crippen LogP contribution in [0.2, 0.25) is 0 Å². The largest absolute Gasteiger partial charge is 0.385 e. The molecule has 8 heteroatoms. The molecule has 150 valence electrons. The van der Waals surface area contributed by atoms with Gasteiger partial charge in [-0.3, -0.25) is 4.79 Å². The average Bonchev–Trinajstić information content (AvgIpc) is 3.23. The van der Waals surface area contributed by atoms with Crippen molar-refractivity contribution < 1.29 is 9.48 Å². The fraction of sp³-hybridized carbons (Fsp3) is 0.286. The normalized spacial score (nSPS) is 14.7. The second-order valence-corrected chi connectivity index (χ2v) is 7.93. The van der Waals surface area contributed by atoms with Crippen LogP contribution < -0.4 is 14.9 Å². The van der Waals surface area contributed by atoms with Crippen LogP contribution in [0, 0.1) is 0 Å². The maximum Gasteiger partial charge on any atom is 0.385 e. The number of thioether (sulfide) groups is 1. The van der Waals surface area contributed by atoms with Crippen molar-refractivity contribution in [3.63, 3.8) is 0 Å². The standard InChI is InChI=1S/C21H24N6OS/c1-25-11-13-26(14-12-25)19-10-6-5-9-18(19)24-20(28)15-29-21-22-16-23-27(21)17-7-3-2-4-8-17/h2-10,16H,11-15H2,1H3,(H,24,28)/p+1. The Kier molecular flexibility index (Phi) is 6.12. The van der Waals surface area contributed by atoms with Crippen molar-refractivity contribution in [3.05, 3.63) is 60.9 Å². The molecule has 2 aromatic carbocycles. The first kappa shape index (κ1) is 19.5. The highest BCUT2D eigenvalue weighted by molar-refractivity contribution is 7.99. The third-order valence-corrected chi connectivity index (χ3v) is 5.87. The minimum atomic E-state index is -0.0424. The number of nitrogens with zero attached hydrogens (tertiary/aromatic N) is 4. The first-order valence-electron chi connectivity index (χ1n) is 9.67. The van der Waals surface area contributed by atoms with E-state index in [9.17, 15) is 4.79 Å². The predicted molar refractivity (Wildman–Crippen MR) is 116 cm³/mol. The third-order valence-electron chi connectivity index (χ3n) is 4.92. The van der Waals surface area contributed by atoms with Gasteiger partial charge in [0.05, 0.1) is 17.1 Å². The molecular weight excluding hydrogens is 384 g/mol. The summed E-state index contributed by atoms with van der Waals surface area (Å²) in [6, 6.07) is 17.9. The molecule has 2 heterocycles. The van der Waals surface area contributed by atoms with Crippen molar-refractivity contribution in [2.75, 3.05) is 49.2 Å². The van der Waals surface area contributed by atoms with Crippen molar-refractivity contribution in [2.45, 2.75) is 5.16 Å². The second kappa shape index (κ2) is 9.11. The Morgan fingerprint density at radius 1 is 1.10 bits per heavy atom. The van der Waals surface area contributed by atoms with Gasteiger partial charge in [-0.25, -0.2) is 0 Å². The van der Waals surface area contributed by atoms with Gasteiger partial charge in [0.25, 0.3) is 0 Å². The van der Waals surface area contributed by atoms with Gasteiger partial charge in [0, 0.05) is 26.2 Å². The topological polar surface area (TPSA) is 68.1 Å². The molecule has 1 fully saturated rings. The molecule has 1 saturated heterocycles. The molecule has 0 bridgehead atoms. The Morgan fingerprint density at radius 3 is 2.62 bits per heavy atom. The lowest BCUT2D eigenvalue weighted by atomic mass is 10.2. The summed E-state index contributed by atoms with van der Waals surface area (Å²) in [5.74, 6) is 0.244. The molecule has 1 amide bonds. The lowest BCUT2D eigenvalue weighted by molar-refractivity contribution is -0.694. The van der Waals surface area contributed by atoms with Gasteiger partial charge in [-0.1, -0.05) is 30.3 Å². The number of piperazine rings is 1. The Bertz CT molecular complexity index is 953. The summed E-state index contributed by atoms with van der Waals surface area (Å²) >= 11 is 1.41. The SMILES string of the molecule is CN1CCN(c2ccccc2NC(=O)CSc2nc[nH][n+]2-c2ccccc2)CC1. The average molecular weight is 410 g/mol. The van der Waals surface area contributed by atoms with E-state index in [0.717, 1.165) is 48.4 Å². The Hall–Kier alpha value is -2.84. The van der Waals surface area contributed by atoms with E-state index in [2.05, 4.69) is 38.3 Å². The number of rotatable bonds is 6. The summed E-state index contributed by atoms with van der Waals surface area (Å²) in [5.41, 5.74) is 2.92. The number of hydrogen-bond donors (Lipinski definition) is 2. The number of carbonyl (C=O) groups excluding carboxylic acids is 1. The number of aromatic amines is 1. The smallest absolute Gasteiger partial charge is 0.367 e. The van der Waals surface area contributed by atoms with Crippen LogP contribution in [0.3, 0.4) is 0 Å². The maximum atomic E-state index is 12.6. The fourth-order valence-electron chi connectivity index (χ4n) is 3.34. The van der Waals surface area contributed by atoms with Gasteiger partial charge in [0.1, 0.15) is 0 Å². The monoisotopic (exact) mass is 409 g/mol.